The van der Waals surface area contributed by atoms with Crippen molar-refractivity contribution in [1.82, 2.24) is 4.90 Å². The topological polar surface area (TPSA) is 47.3 Å². The molecule has 0 saturated heterocycles. The van der Waals surface area contributed by atoms with Gasteiger partial charge in [0, 0.05) is 19.5 Å². The number of nitriles is 1. The zero-order valence-corrected chi connectivity index (χ0v) is 9.45. The van der Waals surface area contributed by atoms with Gasteiger partial charge in [0.25, 0.3) is 0 Å². The van der Waals surface area contributed by atoms with Gasteiger partial charge in [0.1, 0.15) is 0 Å². The Hall–Kier alpha value is -0.590. The SMILES string of the molecule is CN(CC1CC(O)C1)CC1(CC#N)CC1. The number of aliphatic hydroxyl groups is 1. The monoisotopic (exact) mass is 208 g/mol. The fourth-order valence-electron chi connectivity index (χ4n) is 2.66. The average molecular weight is 208 g/mol. The van der Waals surface area contributed by atoms with Crippen LogP contribution >= 0.6 is 0 Å². The standard InChI is InChI=1S/C12H20N2O/c1-14(8-10-6-11(15)7-10)9-12(2-3-12)4-5-13/h10-11,15H,2-4,6-9H2,1H3. The second-order valence-electron chi connectivity index (χ2n) is 5.52. The summed E-state index contributed by atoms with van der Waals surface area (Å²) in [5.74, 6) is 0.683. The summed E-state index contributed by atoms with van der Waals surface area (Å²) in [5, 5.41) is 17.9. The molecule has 0 aliphatic heterocycles. The van der Waals surface area contributed by atoms with Crippen LogP contribution in [0.4, 0.5) is 0 Å². The Morgan fingerprint density at radius 1 is 1.47 bits per heavy atom. The Labute approximate surface area is 91.7 Å². The number of rotatable bonds is 5. The molecule has 1 N–H and O–H groups in total. The third-order valence-corrected chi connectivity index (χ3v) is 3.80. The van der Waals surface area contributed by atoms with Crippen LogP contribution in [0.2, 0.25) is 0 Å². The third kappa shape index (κ3) is 2.70. The third-order valence-electron chi connectivity index (χ3n) is 3.80. The van der Waals surface area contributed by atoms with Gasteiger partial charge in [-0.3, -0.25) is 0 Å². The van der Waals surface area contributed by atoms with Crippen molar-refractivity contribution in [3.05, 3.63) is 0 Å². The van der Waals surface area contributed by atoms with Gasteiger partial charge >= 0.3 is 0 Å². The highest BCUT2D eigenvalue weighted by Crippen LogP contribution is 2.49. The van der Waals surface area contributed by atoms with Crippen molar-refractivity contribution < 1.29 is 5.11 Å². The van der Waals surface area contributed by atoms with E-state index in [-0.39, 0.29) is 6.10 Å². The summed E-state index contributed by atoms with van der Waals surface area (Å²) in [6.07, 6.45) is 5.05. The van der Waals surface area contributed by atoms with Crippen LogP contribution in [0.5, 0.6) is 0 Å². The Morgan fingerprint density at radius 2 is 2.13 bits per heavy atom. The number of hydrogen-bond acceptors (Lipinski definition) is 3. The average Bonchev–Trinajstić information content (AvgIpc) is 2.82. The van der Waals surface area contributed by atoms with E-state index in [9.17, 15) is 5.11 Å². The molecule has 0 aromatic rings. The van der Waals surface area contributed by atoms with Crippen LogP contribution in [-0.2, 0) is 0 Å². The Balaban J connectivity index is 1.69. The van der Waals surface area contributed by atoms with Crippen molar-refractivity contribution in [2.24, 2.45) is 11.3 Å². The molecule has 84 valence electrons. The van der Waals surface area contributed by atoms with E-state index in [0.29, 0.717) is 17.8 Å². The Bertz CT molecular complexity index is 261. The summed E-state index contributed by atoms with van der Waals surface area (Å²) in [4.78, 5) is 2.35. The maximum Gasteiger partial charge on any atom is 0.0628 e. The fourth-order valence-corrected chi connectivity index (χ4v) is 2.66. The molecular weight excluding hydrogens is 188 g/mol. The van der Waals surface area contributed by atoms with Gasteiger partial charge in [-0.2, -0.15) is 5.26 Å². The van der Waals surface area contributed by atoms with E-state index in [1.807, 2.05) is 0 Å². The van der Waals surface area contributed by atoms with Crippen LogP contribution < -0.4 is 0 Å². The van der Waals surface area contributed by atoms with Crippen LogP contribution in [0.1, 0.15) is 32.1 Å². The maximum atomic E-state index is 9.20. The number of aliphatic hydroxyl groups excluding tert-OH is 1. The van der Waals surface area contributed by atoms with Crippen LogP contribution in [0.15, 0.2) is 0 Å². The van der Waals surface area contributed by atoms with Gasteiger partial charge in [-0.25, -0.2) is 0 Å². The molecule has 0 atom stereocenters. The summed E-state index contributed by atoms with van der Waals surface area (Å²) >= 11 is 0. The van der Waals surface area contributed by atoms with Crippen molar-refractivity contribution in [3.63, 3.8) is 0 Å². The summed E-state index contributed by atoms with van der Waals surface area (Å²) in [7, 11) is 2.14. The quantitative estimate of drug-likeness (QED) is 0.742. The molecule has 0 unspecified atom stereocenters. The van der Waals surface area contributed by atoms with Gasteiger partial charge in [-0.15, -0.1) is 0 Å². The first-order chi connectivity index (χ1) is 7.13. The lowest BCUT2D eigenvalue weighted by Gasteiger charge is -2.35. The Morgan fingerprint density at radius 3 is 2.60 bits per heavy atom. The summed E-state index contributed by atoms with van der Waals surface area (Å²) in [5.41, 5.74) is 0.325. The van der Waals surface area contributed by atoms with E-state index in [1.54, 1.807) is 0 Å². The second-order valence-corrected chi connectivity index (χ2v) is 5.52. The predicted octanol–water partition coefficient (Wildman–Crippen LogP) is 1.38. The molecule has 0 heterocycles. The highest BCUT2D eigenvalue weighted by atomic mass is 16.3. The van der Waals surface area contributed by atoms with E-state index in [2.05, 4.69) is 18.0 Å². The molecular formula is C12H20N2O. The van der Waals surface area contributed by atoms with Gasteiger partial charge in [0.2, 0.25) is 0 Å². The zero-order valence-electron chi connectivity index (χ0n) is 9.45. The number of hydrogen-bond donors (Lipinski definition) is 1. The summed E-state index contributed by atoms with van der Waals surface area (Å²) < 4.78 is 0. The molecule has 3 heteroatoms. The minimum Gasteiger partial charge on any atom is -0.393 e. The normalized spacial score (nSPS) is 32.1. The second kappa shape index (κ2) is 4.11. The minimum atomic E-state index is -0.0441. The molecule has 0 aromatic heterocycles. The van der Waals surface area contributed by atoms with Gasteiger partial charge in [0.15, 0.2) is 0 Å². The summed E-state index contributed by atoms with van der Waals surface area (Å²) in [6, 6.07) is 2.30. The van der Waals surface area contributed by atoms with E-state index in [4.69, 9.17) is 5.26 Å². The molecule has 2 aliphatic rings. The van der Waals surface area contributed by atoms with Crippen molar-refractivity contribution in [3.8, 4) is 6.07 Å². The molecule has 15 heavy (non-hydrogen) atoms. The fraction of sp³-hybridized carbons (Fsp3) is 0.917. The molecule has 2 aliphatic carbocycles. The summed E-state index contributed by atoms with van der Waals surface area (Å²) in [6.45, 7) is 2.15. The first-order valence-electron chi connectivity index (χ1n) is 5.87. The number of nitrogens with zero attached hydrogens (tertiary/aromatic N) is 2. The molecule has 0 bridgehead atoms. The van der Waals surface area contributed by atoms with Crippen LogP contribution in [0.25, 0.3) is 0 Å². The molecule has 0 spiro atoms. The van der Waals surface area contributed by atoms with Crippen molar-refractivity contribution in [2.45, 2.75) is 38.2 Å². The van der Waals surface area contributed by atoms with Crippen molar-refractivity contribution >= 4 is 0 Å². The van der Waals surface area contributed by atoms with E-state index in [0.717, 1.165) is 25.9 Å². The highest BCUT2D eigenvalue weighted by molar-refractivity contribution is 5.01. The lowest BCUT2D eigenvalue weighted by molar-refractivity contribution is 0.0258. The first kappa shape index (κ1) is 10.9. The van der Waals surface area contributed by atoms with Gasteiger partial charge < -0.3 is 10.0 Å². The predicted molar refractivity (Wildman–Crippen MR) is 58.1 cm³/mol. The first-order valence-corrected chi connectivity index (χ1v) is 5.87. The van der Waals surface area contributed by atoms with Crippen LogP contribution in [-0.4, -0.2) is 36.2 Å². The van der Waals surface area contributed by atoms with E-state index < -0.39 is 0 Å². The van der Waals surface area contributed by atoms with Crippen LogP contribution in [0, 0.1) is 22.7 Å². The van der Waals surface area contributed by atoms with Crippen molar-refractivity contribution in [1.29, 1.82) is 5.26 Å². The van der Waals surface area contributed by atoms with Gasteiger partial charge in [0.05, 0.1) is 12.2 Å². The van der Waals surface area contributed by atoms with Crippen LogP contribution in [0.3, 0.4) is 0 Å². The molecule has 0 amide bonds. The van der Waals surface area contributed by atoms with Crippen molar-refractivity contribution in [2.75, 3.05) is 20.1 Å². The molecule has 0 radical (unpaired) electrons. The van der Waals surface area contributed by atoms with E-state index in [1.165, 1.54) is 12.8 Å². The van der Waals surface area contributed by atoms with E-state index >= 15 is 0 Å². The lowest BCUT2D eigenvalue weighted by atomic mass is 9.82. The molecule has 2 saturated carbocycles. The molecule has 0 aromatic carbocycles. The smallest absolute Gasteiger partial charge is 0.0628 e. The van der Waals surface area contributed by atoms with Gasteiger partial charge in [-0.1, -0.05) is 0 Å². The molecule has 2 fully saturated rings. The molecule has 3 nitrogen and oxygen atoms in total. The highest BCUT2D eigenvalue weighted by Gasteiger charge is 2.43. The Kier molecular flexibility index (Phi) is 2.99. The lowest BCUT2D eigenvalue weighted by Crippen LogP contribution is -2.39. The zero-order chi connectivity index (χ0) is 10.9. The molecule has 2 rings (SSSR count). The van der Waals surface area contributed by atoms with Gasteiger partial charge in [-0.05, 0) is 44.1 Å². The largest absolute Gasteiger partial charge is 0.393 e. The minimum absolute atomic E-state index is 0.0441. The maximum absolute atomic E-state index is 9.20.